The van der Waals surface area contributed by atoms with Crippen LogP contribution in [0.3, 0.4) is 0 Å². The molecular weight excluding hydrogens is 368 g/mol. The van der Waals surface area contributed by atoms with Crippen LogP contribution in [0.25, 0.3) is 5.69 Å². The molecule has 0 spiro atoms. The van der Waals surface area contributed by atoms with Gasteiger partial charge in [-0.05, 0) is 30.3 Å². The van der Waals surface area contributed by atoms with Crippen molar-refractivity contribution in [2.24, 2.45) is 0 Å². The predicted molar refractivity (Wildman–Crippen MR) is 103 cm³/mol. The number of hydrogen-bond acceptors (Lipinski definition) is 5. The molecule has 1 aromatic heterocycles. The second-order valence-corrected chi connectivity index (χ2v) is 5.96. The van der Waals surface area contributed by atoms with Crippen molar-refractivity contribution in [2.45, 2.75) is 0 Å². The molecule has 8 nitrogen and oxygen atoms in total. The number of rotatable bonds is 6. The summed E-state index contributed by atoms with van der Waals surface area (Å²) in [5.74, 6) is -0.535. The second kappa shape index (κ2) is 8.33. The zero-order chi connectivity index (χ0) is 19.2. The van der Waals surface area contributed by atoms with E-state index in [1.807, 2.05) is 0 Å². The first kappa shape index (κ1) is 18.4. The molecule has 0 unspecified atom stereocenters. The minimum Gasteiger partial charge on any atom is -0.376 e. The van der Waals surface area contributed by atoms with Crippen LogP contribution in [0.5, 0.6) is 0 Å². The Labute approximate surface area is 160 Å². The van der Waals surface area contributed by atoms with Gasteiger partial charge in [0.25, 0.3) is 5.91 Å². The molecule has 0 saturated carbocycles. The molecular formula is C18H17ClN6O2. The molecule has 9 heteroatoms. The molecule has 0 aliphatic heterocycles. The summed E-state index contributed by atoms with van der Waals surface area (Å²) < 4.78 is 1.53. The van der Waals surface area contributed by atoms with Crippen LogP contribution in [0.15, 0.2) is 55.1 Å². The van der Waals surface area contributed by atoms with Crippen molar-refractivity contribution in [2.75, 3.05) is 24.2 Å². The molecule has 0 atom stereocenters. The number of carbonyl (C=O) groups is 2. The van der Waals surface area contributed by atoms with E-state index in [2.05, 4.69) is 26.0 Å². The van der Waals surface area contributed by atoms with Crippen LogP contribution in [0, 0.1) is 0 Å². The molecule has 3 rings (SSSR count). The maximum atomic E-state index is 12.4. The second-order valence-electron chi connectivity index (χ2n) is 5.53. The quantitative estimate of drug-likeness (QED) is 0.605. The fourth-order valence-corrected chi connectivity index (χ4v) is 2.65. The summed E-state index contributed by atoms with van der Waals surface area (Å²) in [6, 6.07) is 12.0. The summed E-state index contributed by atoms with van der Waals surface area (Å²) in [6.45, 7) is -0.0304. The van der Waals surface area contributed by atoms with E-state index in [0.717, 1.165) is 0 Å². The Morgan fingerprint density at radius 2 is 1.96 bits per heavy atom. The minimum absolute atomic E-state index is 0.0304. The Bertz CT molecular complexity index is 958. The molecule has 3 aromatic rings. The van der Waals surface area contributed by atoms with Crippen molar-refractivity contribution in [1.29, 1.82) is 0 Å². The van der Waals surface area contributed by atoms with Gasteiger partial charge >= 0.3 is 0 Å². The Hall–Kier alpha value is -3.39. The number of halogens is 1. The van der Waals surface area contributed by atoms with Crippen molar-refractivity contribution in [1.82, 2.24) is 20.1 Å². The van der Waals surface area contributed by atoms with Crippen LogP contribution in [0.2, 0.25) is 5.02 Å². The summed E-state index contributed by atoms with van der Waals surface area (Å²) in [4.78, 5) is 28.2. The highest BCUT2D eigenvalue weighted by Crippen LogP contribution is 2.24. The van der Waals surface area contributed by atoms with Crippen LogP contribution in [-0.4, -0.2) is 40.2 Å². The smallest absolute Gasteiger partial charge is 0.253 e. The molecule has 0 bridgehead atoms. The third-order valence-electron chi connectivity index (χ3n) is 3.74. The van der Waals surface area contributed by atoms with Crippen LogP contribution >= 0.6 is 11.6 Å². The van der Waals surface area contributed by atoms with Gasteiger partial charge in [-0.15, -0.1) is 0 Å². The topological polar surface area (TPSA) is 101 Å². The summed E-state index contributed by atoms with van der Waals surface area (Å²) >= 11 is 6.05. The van der Waals surface area contributed by atoms with Crippen molar-refractivity contribution in [3.8, 4) is 5.69 Å². The van der Waals surface area contributed by atoms with Gasteiger partial charge in [0.05, 0.1) is 23.5 Å². The lowest BCUT2D eigenvalue weighted by atomic mass is 10.1. The highest BCUT2D eigenvalue weighted by atomic mass is 35.5. The number of hydrogen-bond donors (Lipinski definition) is 3. The summed E-state index contributed by atoms with van der Waals surface area (Å²) in [6.07, 6.45) is 2.92. The lowest BCUT2D eigenvalue weighted by Gasteiger charge is -2.13. The van der Waals surface area contributed by atoms with Gasteiger partial charge in [0.1, 0.15) is 12.7 Å². The molecule has 2 aromatic carbocycles. The Kier molecular flexibility index (Phi) is 5.68. The number of nitrogens with zero attached hydrogens (tertiary/aromatic N) is 3. The highest BCUT2D eigenvalue weighted by Gasteiger charge is 2.12. The molecule has 0 radical (unpaired) electrons. The molecule has 0 fully saturated rings. The molecule has 1 heterocycles. The van der Waals surface area contributed by atoms with Crippen molar-refractivity contribution < 1.29 is 9.59 Å². The number of carbonyl (C=O) groups excluding carboxylic acids is 2. The summed E-state index contributed by atoms with van der Waals surface area (Å²) in [5, 5.41) is 12.9. The average Bonchev–Trinajstić information content (AvgIpc) is 3.20. The third kappa shape index (κ3) is 4.42. The predicted octanol–water partition coefficient (Wildman–Crippen LogP) is 2.33. The van der Waals surface area contributed by atoms with E-state index in [9.17, 15) is 9.59 Å². The molecule has 3 N–H and O–H groups in total. The van der Waals surface area contributed by atoms with Crippen molar-refractivity contribution >= 4 is 34.8 Å². The van der Waals surface area contributed by atoms with E-state index >= 15 is 0 Å². The van der Waals surface area contributed by atoms with E-state index in [4.69, 9.17) is 11.6 Å². The van der Waals surface area contributed by atoms with Gasteiger partial charge in [0.2, 0.25) is 5.91 Å². The summed E-state index contributed by atoms with van der Waals surface area (Å²) in [7, 11) is 1.55. The zero-order valence-electron chi connectivity index (χ0n) is 14.4. The van der Waals surface area contributed by atoms with Crippen molar-refractivity contribution in [3.63, 3.8) is 0 Å². The molecule has 2 amide bonds. The summed E-state index contributed by atoms with van der Waals surface area (Å²) in [5.41, 5.74) is 2.16. The first-order chi connectivity index (χ1) is 13.1. The average molecular weight is 385 g/mol. The Balaban J connectivity index is 1.73. The van der Waals surface area contributed by atoms with Gasteiger partial charge in [0, 0.05) is 17.8 Å². The molecule has 0 saturated heterocycles. The van der Waals surface area contributed by atoms with Gasteiger partial charge in [-0.2, -0.15) is 5.10 Å². The minimum atomic E-state index is -0.301. The monoisotopic (exact) mass is 384 g/mol. The van der Waals surface area contributed by atoms with Crippen LogP contribution < -0.4 is 16.0 Å². The van der Waals surface area contributed by atoms with Gasteiger partial charge < -0.3 is 16.0 Å². The zero-order valence-corrected chi connectivity index (χ0v) is 15.2. The van der Waals surface area contributed by atoms with Crippen LogP contribution in [-0.2, 0) is 4.79 Å². The van der Waals surface area contributed by atoms with Gasteiger partial charge in [-0.3, -0.25) is 9.59 Å². The number of benzene rings is 2. The fraction of sp³-hybridized carbons (Fsp3) is 0.111. The first-order valence-electron chi connectivity index (χ1n) is 8.08. The molecule has 0 aliphatic rings. The SMILES string of the molecule is CNC(=O)c1ccccc1NCC(=O)Nc1cc(Cl)ccc1-n1cncn1. The largest absolute Gasteiger partial charge is 0.376 e. The van der Waals surface area contributed by atoms with Gasteiger partial charge in [0.15, 0.2) is 0 Å². The third-order valence-corrected chi connectivity index (χ3v) is 3.97. The normalized spacial score (nSPS) is 10.3. The van der Waals surface area contributed by atoms with Crippen LogP contribution in [0.1, 0.15) is 10.4 Å². The maximum absolute atomic E-state index is 12.4. The lowest BCUT2D eigenvalue weighted by molar-refractivity contribution is -0.114. The van der Waals surface area contributed by atoms with Crippen molar-refractivity contribution in [3.05, 3.63) is 65.7 Å². The number of nitrogens with one attached hydrogen (secondary N) is 3. The Morgan fingerprint density at radius 3 is 2.70 bits per heavy atom. The number of para-hydroxylation sites is 1. The molecule has 138 valence electrons. The first-order valence-corrected chi connectivity index (χ1v) is 8.45. The molecule has 27 heavy (non-hydrogen) atoms. The molecule has 0 aliphatic carbocycles. The van der Waals surface area contributed by atoms with Gasteiger partial charge in [-0.25, -0.2) is 9.67 Å². The van der Waals surface area contributed by atoms with E-state index in [0.29, 0.717) is 27.6 Å². The number of anilines is 2. The maximum Gasteiger partial charge on any atom is 0.253 e. The number of amides is 2. The fourth-order valence-electron chi connectivity index (χ4n) is 2.48. The number of aromatic nitrogens is 3. The van der Waals surface area contributed by atoms with Gasteiger partial charge in [-0.1, -0.05) is 23.7 Å². The van der Waals surface area contributed by atoms with E-state index in [1.165, 1.54) is 17.3 Å². The standard InChI is InChI=1S/C18H17ClN6O2/c1-20-18(27)13-4-2-3-5-14(13)22-9-17(26)24-15-8-12(19)6-7-16(15)25-11-21-10-23-25/h2-8,10-11,22H,9H2,1H3,(H,20,27)(H,24,26). The lowest BCUT2D eigenvalue weighted by Crippen LogP contribution is -2.25. The van der Waals surface area contributed by atoms with E-state index in [-0.39, 0.29) is 18.4 Å². The van der Waals surface area contributed by atoms with E-state index < -0.39 is 0 Å². The highest BCUT2D eigenvalue weighted by molar-refractivity contribution is 6.31. The van der Waals surface area contributed by atoms with E-state index in [1.54, 1.807) is 49.5 Å². The Morgan fingerprint density at radius 1 is 1.15 bits per heavy atom. The van der Waals surface area contributed by atoms with Crippen LogP contribution in [0.4, 0.5) is 11.4 Å².